The zero-order chi connectivity index (χ0) is 13.0. The maximum Gasteiger partial charge on any atom is 0.237 e. The van der Waals surface area contributed by atoms with Gasteiger partial charge in [-0.1, -0.05) is 24.3 Å². The standard InChI is InChI=1S/C13H8N4O/c14-7-9(8-15)16-17-12-5-6-13(18)11-4-2-1-3-10(11)12/h1-6,17-18H. The van der Waals surface area contributed by atoms with Gasteiger partial charge in [-0.2, -0.15) is 15.6 Å². The molecule has 0 atom stereocenters. The lowest BCUT2D eigenvalue weighted by atomic mass is 10.1. The van der Waals surface area contributed by atoms with Crippen LogP contribution in [0.5, 0.6) is 5.75 Å². The fraction of sp³-hybridized carbons (Fsp3) is 0. The van der Waals surface area contributed by atoms with E-state index >= 15 is 0 Å². The Balaban J connectivity index is 2.48. The van der Waals surface area contributed by atoms with Crippen LogP contribution >= 0.6 is 0 Å². The average Bonchev–Trinajstić information content (AvgIpc) is 2.42. The molecular formula is C13H8N4O. The Kier molecular flexibility index (Phi) is 3.08. The highest BCUT2D eigenvalue weighted by atomic mass is 16.3. The molecule has 0 aliphatic carbocycles. The van der Waals surface area contributed by atoms with Crippen LogP contribution in [-0.2, 0) is 0 Å². The van der Waals surface area contributed by atoms with E-state index in [1.165, 1.54) is 6.07 Å². The smallest absolute Gasteiger partial charge is 0.237 e. The van der Waals surface area contributed by atoms with Gasteiger partial charge in [-0.15, -0.1) is 0 Å². The highest BCUT2D eigenvalue weighted by molar-refractivity contribution is 6.10. The van der Waals surface area contributed by atoms with Gasteiger partial charge in [0, 0.05) is 10.8 Å². The summed E-state index contributed by atoms with van der Waals surface area (Å²) in [5.41, 5.74) is 3.01. The van der Waals surface area contributed by atoms with E-state index in [4.69, 9.17) is 10.5 Å². The Hall–Kier alpha value is -3.05. The van der Waals surface area contributed by atoms with E-state index < -0.39 is 0 Å². The van der Waals surface area contributed by atoms with Gasteiger partial charge >= 0.3 is 0 Å². The van der Waals surface area contributed by atoms with Crippen molar-refractivity contribution < 1.29 is 5.11 Å². The van der Waals surface area contributed by atoms with Crippen molar-refractivity contribution in [3.05, 3.63) is 36.4 Å². The van der Waals surface area contributed by atoms with Gasteiger partial charge in [0.1, 0.15) is 17.9 Å². The number of hydrogen-bond donors (Lipinski definition) is 2. The summed E-state index contributed by atoms with van der Waals surface area (Å²) in [7, 11) is 0. The van der Waals surface area contributed by atoms with Crippen LogP contribution in [0.2, 0.25) is 0 Å². The van der Waals surface area contributed by atoms with Crippen molar-refractivity contribution in [1.82, 2.24) is 0 Å². The number of nitrogens with one attached hydrogen (secondary N) is 1. The SMILES string of the molecule is N#CC(C#N)=NNc1ccc(O)c2ccccc12. The first-order chi connectivity index (χ1) is 8.76. The molecule has 0 spiro atoms. The number of hydrazone groups is 1. The van der Waals surface area contributed by atoms with Crippen LogP contribution in [0.1, 0.15) is 0 Å². The minimum absolute atomic E-state index is 0.168. The zero-order valence-electron chi connectivity index (χ0n) is 9.25. The predicted molar refractivity (Wildman–Crippen MR) is 67.9 cm³/mol. The van der Waals surface area contributed by atoms with Crippen LogP contribution in [0.25, 0.3) is 10.8 Å². The Morgan fingerprint density at radius 2 is 1.72 bits per heavy atom. The first-order valence-corrected chi connectivity index (χ1v) is 5.11. The van der Waals surface area contributed by atoms with E-state index in [2.05, 4.69) is 10.5 Å². The number of nitrogens with zero attached hydrogens (tertiary/aromatic N) is 3. The lowest BCUT2D eigenvalue weighted by molar-refractivity contribution is 0.481. The largest absolute Gasteiger partial charge is 0.507 e. The van der Waals surface area contributed by atoms with Crippen molar-refractivity contribution in [2.45, 2.75) is 0 Å². The van der Waals surface area contributed by atoms with Gasteiger partial charge in [-0.3, -0.25) is 5.43 Å². The normalized spacial score (nSPS) is 9.22. The summed E-state index contributed by atoms with van der Waals surface area (Å²) in [5.74, 6) is 0.168. The van der Waals surface area contributed by atoms with E-state index in [-0.39, 0.29) is 11.5 Å². The van der Waals surface area contributed by atoms with Crippen LogP contribution < -0.4 is 5.43 Å². The van der Waals surface area contributed by atoms with Crippen molar-refractivity contribution in [2.24, 2.45) is 5.10 Å². The molecule has 0 radical (unpaired) electrons. The molecule has 0 saturated carbocycles. The quantitative estimate of drug-likeness (QED) is 0.475. The monoisotopic (exact) mass is 236 g/mol. The average molecular weight is 236 g/mol. The number of fused-ring (bicyclic) bond motifs is 1. The van der Waals surface area contributed by atoms with Crippen LogP contribution in [-0.4, -0.2) is 10.8 Å². The van der Waals surface area contributed by atoms with Crippen molar-refractivity contribution in [1.29, 1.82) is 10.5 Å². The molecule has 2 N–H and O–H groups in total. The van der Waals surface area contributed by atoms with Crippen molar-refractivity contribution in [3.8, 4) is 17.9 Å². The minimum Gasteiger partial charge on any atom is -0.507 e. The van der Waals surface area contributed by atoms with Gasteiger partial charge in [-0.05, 0) is 12.1 Å². The molecule has 5 heteroatoms. The maximum atomic E-state index is 9.70. The third kappa shape index (κ3) is 2.06. The molecule has 0 saturated heterocycles. The minimum atomic E-state index is -0.257. The maximum absolute atomic E-state index is 9.70. The lowest BCUT2D eigenvalue weighted by Gasteiger charge is -2.06. The van der Waals surface area contributed by atoms with Gasteiger partial charge in [0.2, 0.25) is 5.71 Å². The Labute approximate surface area is 103 Å². The van der Waals surface area contributed by atoms with Gasteiger partial charge in [-0.25, -0.2) is 0 Å². The lowest BCUT2D eigenvalue weighted by Crippen LogP contribution is -1.96. The second-order valence-corrected chi connectivity index (χ2v) is 3.47. The predicted octanol–water partition coefficient (Wildman–Crippen LogP) is 2.36. The zero-order valence-corrected chi connectivity index (χ0v) is 9.25. The second-order valence-electron chi connectivity index (χ2n) is 3.47. The number of benzene rings is 2. The number of hydrogen-bond acceptors (Lipinski definition) is 5. The molecule has 0 heterocycles. The van der Waals surface area contributed by atoms with E-state index in [0.717, 1.165) is 5.39 Å². The highest BCUT2D eigenvalue weighted by Crippen LogP contribution is 2.30. The molecule has 0 aliphatic heterocycles. The van der Waals surface area contributed by atoms with E-state index in [9.17, 15) is 5.11 Å². The van der Waals surface area contributed by atoms with Crippen molar-refractivity contribution in [2.75, 3.05) is 5.43 Å². The van der Waals surface area contributed by atoms with Crippen molar-refractivity contribution >= 4 is 22.2 Å². The molecule has 2 rings (SSSR count). The summed E-state index contributed by atoms with van der Waals surface area (Å²) in [6.45, 7) is 0. The molecule has 0 aromatic heterocycles. The Bertz CT molecular complexity index is 691. The number of phenols is 1. The summed E-state index contributed by atoms with van der Waals surface area (Å²) >= 11 is 0. The molecule has 0 aliphatic rings. The van der Waals surface area contributed by atoms with E-state index in [1.807, 2.05) is 18.2 Å². The van der Waals surface area contributed by atoms with Crippen LogP contribution in [0, 0.1) is 22.7 Å². The molecule has 0 bridgehead atoms. The molecule has 0 fully saturated rings. The fourth-order valence-electron chi connectivity index (χ4n) is 1.57. The fourth-order valence-corrected chi connectivity index (χ4v) is 1.57. The van der Waals surface area contributed by atoms with Crippen LogP contribution in [0.15, 0.2) is 41.5 Å². The summed E-state index contributed by atoms with van der Waals surface area (Å²) in [4.78, 5) is 0. The molecule has 0 unspecified atom stereocenters. The van der Waals surface area contributed by atoms with E-state index in [0.29, 0.717) is 11.1 Å². The van der Waals surface area contributed by atoms with Gasteiger partial charge in [0.15, 0.2) is 0 Å². The number of nitriles is 2. The molecule has 0 amide bonds. The molecule has 18 heavy (non-hydrogen) atoms. The Morgan fingerprint density at radius 3 is 2.39 bits per heavy atom. The summed E-state index contributed by atoms with van der Waals surface area (Å²) in [5, 5.41) is 32.0. The topological polar surface area (TPSA) is 92.2 Å². The highest BCUT2D eigenvalue weighted by Gasteiger charge is 2.04. The number of aromatic hydroxyl groups is 1. The Morgan fingerprint density at radius 1 is 1.06 bits per heavy atom. The number of phenolic OH excluding ortho intramolecular Hbond substituents is 1. The number of anilines is 1. The molecule has 2 aromatic rings. The molecule has 86 valence electrons. The summed E-state index contributed by atoms with van der Waals surface area (Å²) < 4.78 is 0. The van der Waals surface area contributed by atoms with E-state index in [1.54, 1.807) is 24.3 Å². The second kappa shape index (κ2) is 4.86. The van der Waals surface area contributed by atoms with Gasteiger partial charge < -0.3 is 5.11 Å². The van der Waals surface area contributed by atoms with Gasteiger partial charge in [0.25, 0.3) is 0 Å². The summed E-state index contributed by atoms with van der Waals surface area (Å²) in [6, 6.07) is 13.7. The third-order valence-corrected chi connectivity index (χ3v) is 2.40. The molecule has 5 nitrogen and oxygen atoms in total. The third-order valence-electron chi connectivity index (χ3n) is 2.40. The number of rotatable bonds is 2. The molecular weight excluding hydrogens is 228 g/mol. The molecule has 2 aromatic carbocycles. The van der Waals surface area contributed by atoms with Crippen LogP contribution in [0.3, 0.4) is 0 Å². The van der Waals surface area contributed by atoms with Gasteiger partial charge in [0.05, 0.1) is 5.69 Å². The van der Waals surface area contributed by atoms with Crippen LogP contribution in [0.4, 0.5) is 5.69 Å². The summed E-state index contributed by atoms with van der Waals surface area (Å²) in [6.07, 6.45) is 0. The first kappa shape index (κ1) is 11.4. The first-order valence-electron chi connectivity index (χ1n) is 5.11. The van der Waals surface area contributed by atoms with Crippen molar-refractivity contribution in [3.63, 3.8) is 0 Å².